The molecular formula is C22H30F3N3O2. The minimum Gasteiger partial charge on any atom is -0.389 e. The van der Waals surface area contributed by atoms with Gasteiger partial charge in [0.05, 0.1) is 23.9 Å². The van der Waals surface area contributed by atoms with E-state index in [4.69, 9.17) is 0 Å². The molecule has 1 saturated carbocycles. The lowest BCUT2D eigenvalue weighted by Gasteiger charge is -2.54. The van der Waals surface area contributed by atoms with Crippen molar-refractivity contribution in [2.75, 3.05) is 13.1 Å². The standard InChI is InChI=1S/C22H30F3N3O2/c1-15(10-22(23,24)25)19(29)28-9-8-21(30,20(14-28)6-2-3-7-20)11-17-5-4-16-12-26-13-18(16)27-17/h4,12-13,15,17,27,30H,2-3,5-11,14H2,1H3/t15-,17?,21?/m1/s1. The van der Waals surface area contributed by atoms with E-state index < -0.39 is 35.4 Å². The molecule has 1 aliphatic carbocycles. The molecule has 2 unspecified atom stereocenters. The molecule has 0 radical (unpaired) electrons. The highest BCUT2D eigenvalue weighted by atomic mass is 19.4. The summed E-state index contributed by atoms with van der Waals surface area (Å²) in [4.78, 5) is 18.5. The average Bonchev–Trinajstić information content (AvgIpc) is 3.32. The number of allylic oxidation sites excluding steroid dienone is 1. The van der Waals surface area contributed by atoms with Crippen LogP contribution in [0.2, 0.25) is 0 Å². The third kappa shape index (κ3) is 4.03. The van der Waals surface area contributed by atoms with Gasteiger partial charge in [-0.2, -0.15) is 13.2 Å². The Morgan fingerprint density at radius 1 is 1.37 bits per heavy atom. The summed E-state index contributed by atoms with van der Waals surface area (Å²) in [5.41, 5.74) is 0.679. The number of halogens is 3. The summed E-state index contributed by atoms with van der Waals surface area (Å²) < 4.78 is 38.3. The van der Waals surface area contributed by atoms with Gasteiger partial charge in [-0.3, -0.25) is 9.79 Å². The zero-order valence-corrected chi connectivity index (χ0v) is 17.3. The van der Waals surface area contributed by atoms with Crippen molar-refractivity contribution in [1.29, 1.82) is 0 Å². The van der Waals surface area contributed by atoms with Gasteiger partial charge in [-0.1, -0.05) is 25.8 Å². The van der Waals surface area contributed by atoms with Gasteiger partial charge in [-0.25, -0.2) is 0 Å². The fraction of sp³-hybridized carbons (Fsp3) is 0.727. The number of rotatable bonds is 4. The SMILES string of the molecule is C[C@H](CC(F)(F)F)C(=O)N1CCC(O)(CC2CC=C3C=NC=C3N2)C2(CCCC2)C1. The maximum atomic E-state index is 12.8. The molecule has 4 aliphatic rings. The highest BCUT2D eigenvalue weighted by molar-refractivity contribution is 5.88. The molecule has 0 aromatic rings. The minimum atomic E-state index is -4.35. The van der Waals surface area contributed by atoms with E-state index >= 15 is 0 Å². The van der Waals surface area contributed by atoms with Gasteiger partial charge in [0, 0.05) is 42.3 Å². The second-order valence-electron chi connectivity index (χ2n) is 9.51. The molecule has 1 spiro atoms. The van der Waals surface area contributed by atoms with Gasteiger partial charge in [0.1, 0.15) is 0 Å². The van der Waals surface area contributed by atoms with Gasteiger partial charge in [0.2, 0.25) is 5.91 Å². The molecule has 0 bridgehead atoms. The molecule has 3 heterocycles. The van der Waals surface area contributed by atoms with Crippen molar-refractivity contribution in [3.05, 3.63) is 23.5 Å². The molecule has 30 heavy (non-hydrogen) atoms. The fourth-order valence-electron chi connectivity index (χ4n) is 5.81. The van der Waals surface area contributed by atoms with Crippen LogP contribution in [0.15, 0.2) is 28.5 Å². The van der Waals surface area contributed by atoms with Crippen LogP contribution in [-0.2, 0) is 4.79 Å². The van der Waals surface area contributed by atoms with E-state index in [1.807, 2.05) is 6.21 Å². The van der Waals surface area contributed by atoms with Crippen molar-refractivity contribution in [1.82, 2.24) is 10.2 Å². The third-order valence-corrected chi connectivity index (χ3v) is 7.40. The smallest absolute Gasteiger partial charge is 0.389 e. The van der Waals surface area contributed by atoms with Gasteiger partial charge in [-0.15, -0.1) is 0 Å². The van der Waals surface area contributed by atoms with Crippen molar-refractivity contribution < 1.29 is 23.1 Å². The first kappa shape index (κ1) is 21.4. The summed E-state index contributed by atoms with van der Waals surface area (Å²) in [6, 6.07) is 0.0792. The third-order valence-electron chi connectivity index (χ3n) is 7.40. The molecule has 3 atom stereocenters. The summed E-state index contributed by atoms with van der Waals surface area (Å²) in [5, 5.41) is 15.3. The quantitative estimate of drug-likeness (QED) is 0.722. The number of aliphatic imine (C=N–C) groups is 1. The number of alkyl halides is 3. The maximum Gasteiger partial charge on any atom is 0.389 e. The molecule has 5 nitrogen and oxygen atoms in total. The van der Waals surface area contributed by atoms with Crippen molar-refractivity contribution >= 4 is 12.1 Å². The normalized spacial score (nSPS) is 31.2. The molecular weight excluding hydrogens is 395 g/mol. The second-order valence-corrected chi connectivity index (χ2v) is 9.51. The highest BCUT2D eigenvalue weighted by Gasteiger charge is 2.56. The van der Waals surface area contributed by atoms with Gasteiger partial charge < -0.3 is 15.3 Å². The van der Waals surface area contributed by atoms with Gasteiger partial charge in [-0.05, 0) is 32.1 Å². The molecule has 4 rings (SSSR count). The zero-order chi connectivity index (χ0) is 21.6. The van der Waals surface area contributed by atoms with Crippen LogP contribution in [0.1, 0.15) is 58.3 Å². The van der Waals surface area contributed by atoms with E-state index in [0.717, 1.165) is 43.4 Å². The Bertz CT molecular complexity index is 783. The van der Waals surface area contributed by atoms with Crippen LogP contribution in [0, 0.1) is 11.3 Å². The Morgan fingerprint density at radius 2 is 2.10 bits per heavy atom. The van der Waals surface area contributed by atoms with Crippen LogP contribution in [0.5, 0.6) is 0 Å². The summed E-state index contributed by atoms with van der Waals surface area (Å²) in [5.74, 6) is -1.54. The van der Waals surface area contributed by atoms with E-state index in [1.165, 1.54) is 6.92 Å². The highest BCUT2D eigenvalue weighted by Crippen LogP contribution is 2.53. The summed E-state index contributed by atoms with van der Waals surface area (Å²) >= 11 is 0. The number of likely N-dealkylation sites (tertiary alicyclic amines) is 1. The number of amides is 1. The Labute approximate surface area is 175 Å². The van der Waals surface area contributed by atoms with Gasteiger partial charge in [0.25, 0.3) is 0 Å². The predicted octanol–water partition coefficient (Wildman–Crippen LogP) is 3.70. The number of hydrogen-bond donors (Lipinski definition) is 2. The van der Waals surface area contributed by atoms with Crippen LogP contribution in [0.3, 0.4) is 0 Å². The monoisotopic (exact) mass is 425 g/mol. The number of carbonyl (C=O) groups excluding carboxylic acids is 1. The molecule has 1 saturated heterocycles. The van der Waals surface area contributed by atoms with Gasteiger partial charge >= 0.3 is 6.18 Å². The van der Waals surface area contributed by atoms with Gasteiger partial charge in [0.15, 0.2) is 0 Å². The molecule has 8 heteroatoms. The first-order valence-corrected chi connectivity index (χ1v) is 10.9. The number of hydrogen-bond acceptors (Lipinski definition) is 4. The maximum absolute atomic E-state index is 12.8. The Balaban J connectivity index is 1.47. The molecule has 166 valence electrons. The van der Waals surface area contributed by atoms with Crippen LogP contribution in [-0.4, -0.2) is 53.0 Å². The Morgan fingerprint density at radius 3 is 2.80 bits per heavy atom. The topological polar surface area (TPSA) is 64.9 Å². The number of fused-ring (bicyclic) bond motifs is 1. The van der Waals surface area contributed by atoms with Crippen LogP contribution < -0.4 is 5.32 Å². The molecule has 0 aromatic carbocycles. The number of aliphatic hydroxyl groups is 1. The van der Waals surface area contributed by atoms with Crippen LogP contribution in [0.4, 0.5) is 13.2 Å². The second kappa shape index (κ2) is 7.70. The summed E-state index contributed by atoms with van der Waals surface area (Å²) in [7, 11) is 0. The molecule has 3 aliphatic heterocycles. The van der Waals surface area contributed by atoms with Crippen molar-refractivity contribution in [3.63, 3.8) is 0 Å². The Kier molecular flexibility index (Phi) is 5.49. The molecule has 2 fully saturated rings. The summed E-state index contributed by atoms with van der Waals surface area (Å²) in [6.45, 7) is 2.01. The largest absolute Gasteiger partial charge is 0.389 e. The van der Waals surface area contributed by atoms with E-state index in [9.17, 15) is 23.1 Å². The minimum absolute atomic E-state index is 0.0792. The number of piperidine rings is 1. The van der Waals surface area contributed by atoms with Crippen LogP contribution >= 0.6 is 0 Å². The Hall–Kier alpha value is -1.83. The fourth-order valence-corrected chi connectivity index (χ4v) is 5.81. The zero-order valence-electron chi connectivity index (χ0n) is 17.3. The predicted molar refractivity (Wildman–Crippen MR) is 108 cm³/mol. The lowest BCUT2D eigenvalue weighted by molar-refractivity contribution is -0.172. The number of nitrogens with one attached hydrogen (secondary N) is 1. The van der Waals surface area contributed by atoms with Crippen molar-refractivity contribution in [2.24, 2.45) is 16.3 Å². The van der Waals surface area contributed by atoms with E-state index in [0.29, 0.717) is 25.9 Å². The first-order chi connectivity index (χ1) is 14.1. The molecule has 2 N–H and O–H groups in total. The number of nitrogens with zero attached hydrogens (tertiary/aromatic N) is 2. The lowest BCUT2D eigenvalue weighted by Crippen LogP contribution is -2.62. The number of carbonyl (C=O) groups is 1. The molecule has 1 amide bonds. The van der Waals surface area contributed by atoms with Crippen molar-refractivity contribution in [3.8, 4) is 0 Å². The first-order valence-electron chi connectivity index (χ1n) is 10.9. The lowest BCUT2D eigenvalue weighted by atomic mass is 9.63. The van der Waals surface area contributed by atoms with E-state index in [1.54, 1.807) is 11.1 Å². The van der Waals surface area contributed by atoms with Crippen molar-refractivity contribution in [2.45, 2.75) is 76.1 Å². The summed E-state index contributed by atoms with van der Waals surface area (Å²) in [6.07, 6.45) is 5.61. The van der Waals surface area contributed by atoms with E-state index in [2.05, 4.69) is 16.4 Å². The van der Waals surface area contributed by atoms with E-state index in [-0.39, 0.29) is 6.04 Å². The van der Waals surface area contributed by atoms with Crippen LogP contribution in [0.25, 0.3) is 0 Å². The molecule has 0 aromatic heterocycles. The average molecular weight is 425 g/mol.